The van der Waals surface area contributed by atoms with E-state index in [1.165, 1.54) is 21.0 Å². The van der Waals surface area contributed by atoms with Gasteiger partial charge in [0.1, 0.15) is 0 Å². The lowest BCUT2D eigenvalue weighted by molar-refractivity contribution is 0.0736. The maximum absolute atomic E-state index is 12.9. The average molecular weight is 377 g/mol. The molecule has 1 aromatic heterocycles. The van der Waals surface area contributed by atoms with Crippen molar-refractivity contribution >= 4 is 33.0 Å². The maximum atomic E-state index is 12.9. The molecule has 3 heterocycles. The van der Waals surface area contributed by atoms with Gasteiger partial charge < -0.3 is 4.90 Å². The van der Waals surface area contributed by atoms with Gasteiger partial charge in [-0.1, -0.05) is 0 Å². The van der Waals surface area contributed by atoms with Crippen molar-refractivity contribution in [1.29, 1.82) is 0 Å². The largest absolute Gasteiger partial charge is 0.334 e. The van der Waals surface area contributed by atoms with E-state index in [1.807, 2.05) is 17.9 Å². The van der Waals surface area contributed by atoms with Crippen molar-refractivity contribution in [1.82, 2.24) is 4.90 Å². The minimum absolute atomic E-state index is 0.0186. The van der Waals surface area contributed by atoms with Crippen LogP contribution in [0.5, 0.6) is 0 Å². The van der Waals surface area contributed by atoms with Gasteiger partial charge in [-0.25, -0.2) is 8.42 Å². The van der Waals surface area contributed by atoms with Gasteiger partial charge in [0.05, 0.1) is 11.9 Å². The second kappa shape index (κ2) is 5.85. The summed E-state index contributed by atoms with van der Waals surface area (Å²) in [5, 5.41) is 2.08. The molecule has 0 N–H and O–H groups in total. The summed E-state index contributed by atoms with van der Waals surface area (Å²) in [5.74, 6) is 0.0186. The first-order valence-corrected chi connectivity index (χ1v) is 11.0. The Hall–Kier alpha value is -1.86. The van der Waals surface area contributed by atoms with E-state index in [0.29, 0.717) is 24.2 Å². The van der Waals surface area contributed by atoms with Crippen molar-refractivity contribution in [2.75, 3.05) is 17.1 Å². The number of thiophene rings is 1. The molecule has 2 aromatic rings. The Morgan fingerprint density at radius 3 is 2.80 bits per heavy atom. The second-order valence-corrected chi connectivity index (χ2v) is 9.66. The van der Waals surface area contributed by atoms with Crippen LogP contribution in [0.3, 0.4) is 0 Å². The number of hydrogen-bond acceptors (Lipinski definition) is 4. The summed E-state index contributed by atoms with van der Waals surface area (Å²) in [6.07, 6.45) is 2.77. The van der Waals surface area contributed by atoms with Gasteiger partial charge in [0.15, 0.2) is 0 Å². The lowest BCUT2D eigenvalue weighted by Gasteiger charge is -2.27. The second-order valence-electron chi connectivity index (χ2n) is 6.80. The van der Waals surface area contributed by atoms with E-state index in [0.717, 1.165) is 18.5 Å². The number of sulfonamides is 1. The average Bonchev–Trinajstić information content (AvgIpc) is 3.14. The molecule has 7 heteroatoms. The molecule has 0 spiro atoms. The Labute approximate surface area is 151 Å². The molecule has 2 aliphatic rings. The number of amides is 1. The maximum Gasteiger partial charge on any atom is 0.254 e. The van der Waals surface area contributed by atoms with Gasteiger partial charge in [-0.15, -0.1) is 11.3 Å². The summed E-state index contributed by atoms with van der Waals surface area (Å²) in [6, 6.07) is 7.36. The summed E-state index contributed by atoms with van der Waals surface area (Å²) < 4.78 is 25.5. The number of benzene rings is 1. The lowest BCUT2D eigenvalue weighted by atomic mass is 10.0. The van der Waals surface area contributed by atoms with Gasteiger partial charge in [-0.2, -0.15) is 0 Å². The van der Waals surface area contributed by atoms with E-state index in [9.17, 15) is 13.2 Å². The summed E-state index contributed by atoms with van der Waals surface area (Å²) in [7, 11) is -3.31. The molecular formula is C18H20N2O3S2. The van der Waals surface area contributed by atoms with Gasteiger partial charge in [0, 0.05) is 29.6 Å². The van der Waals surface area contributed by atoms with Gasteiger partial charge in [-0.05, 0) is 60.5 Å². The van der Waals surface area contributed by atoms with Crippen LogP contribution in [0.25, 0.3) is 0 Å². The normalized spacial score (nSPS) is 19.7. The van der Waals surface area contributed by atoms with Crippen LogP contribution in [-0.2, 0) is 29.4 Å². The number of rotatable bonds is 2. The standard InChI is InChI=1S/C18H20N2O3S2/c1-12-9-15-10-13(3-4-16(15)20(12)25(2,22)23)18(21)19-7-5-17-14(11-19)6-8-24-17/h3-4,6,8,10,12H,5,7,9,11H2,1-2H3/t12-/m0/s1. The topological polar surface area (TPSA) is 57.7 Å². The van der Waals surface area contributed by atoms with Crippen LogP contribution in [0.2, 0.25) is 0 Å². The highest BCUT2D eigenvalue weighted by molar-refractivity contribution is 7.92. The molecule has 132 valence electrons. The van der Waals surface area contributed by atoms with Gasteiger partial charge in [-0.3, -0.25) is 9.10 Å². The van der Waals surface area contributed by atoms with Crippen LogP contribution < -0.4 is 4.31 Å². The van der Waals surface area contributed by atoms with E-state index in [-0.39, 0.29) is 11.9 Å². The summed E-state index contributed by atoms with van der Waals surface area (Å²) in [6.45, 7) is 3.28. The van der Waals surface area contributed by atoms with Crippen LogP contribution in [0.15, 0.2) is 29.6 Å². The highest BCUT2D eigenvalue weighted by Crippen LogP contribution is 2.35. The predicted octanol–water partition coefficient (Wildman–Crippen LogP) is 2.66. The fourth-order valence-corrected chi connectivity index (χ4v) is 6.00. The quantitative estimate of drug-likeness (QED) is 0.810. The first kappa shape index (κ1) is 16.6. The molecule has 5 nitrogen and oxygen atoms in total. The molecule has 0 aliphatic carbocycles. The monoisotopic (exact) mass is 376 g/mol. The van der Waals surface area contributed by atoms with E-state index in [4.69, 9.17) is 0 Å². The Kier molecular flexibility index (Phi) is 3.88. The van der Waals surface area contributed by atoms with E-state index < -0.39 is 10.0 Å². The van der Waals surface area contributed by atoms with Crippen molar-refractivity contribution in [2.24, 2.45) is 0 Å². The minimum atomic E-state index is -3.31. The SMILES string of the molecule is C[C@H]1Cc2cc(C(=O)N3CCc4sccc4C3)ccc2N1S(C)(=O)=O. The van der Waals surface area contributed by atoms with Crippen molar-refractivity contribution in [3.63, 3.8) is 0 Å². The molecule has 1 aromatic carbocycles. The van der Waals surface area contributed by atoms with Crippen LogP contribution >= 0.6 is 11.3 Å². The van der Waals surface area contributed by atoms with Gasteiger partial charge in [0.2, 0.25) is 10.0 Å². The zero-order chi connectivity index (χ0) is 17.8. The molecule has 2 aliphatic heterocycles. The molecule has 0 radical (unpaired) electrons. The Balaban J connectivity index is 1.61. The van der Waals surface area contributed by atoms with Crippen LogP contribution in [0.1, 0.15) is 33.3 Å². The van der Waals surface area contributed by atoms with E-state index >= 15 is 0 Å². The molecule has 4 rings (SSSR count). The smallest absolute Gasteiger partial charge is 0.254 e. The minimum Gasteiger partial charge on any atom is -0.334 e. The molecular weight excluding hydrogens is 356 g/mol. The fourth-order valence-electron chi connectivity index (χ4n) is 3.85. The van der Waals surface area contributed by atoms with Crippen LogP contribution in [-0.4, -0.2) is 38.1 Å². The van der Waals surface area contributed by atoms with Crippen molar-refractivity contribution in [2.45, 2.75) is 32.4 Å². The van der Waals surface area contributed by atoms with Gasteiger partial charge in [0.25, 0.3) is 5.91 Å². The molecule has 1 atom stereocenters. The summed E-state index contributed by atoms with van der Waals surface area (Å²) in [5.41, 5.74) is 3.50. The number of carbonyl (C=O) groups is 1. The number of hydrogen-bond donors (Lipinski definition) is 0. The zero-order valence-electron chi connectivity index (χ0n) is 14.2. The molecule has 1 amide bonds. The summed E-state index contributed by atoms with van der Waals surface area (Å²) in [4.78, 5) is 16.1. The third-order valence-corrected chi connectivity index (χ3v) is 7.23. The Bertz CT molecular complexity index is 949. The molecule has 25 heavy (non-hydrogen) atoms. The van der Waals surface area contributed by atoms with Crippen molar-refractivity contribution in [3.05, 3.63) is 51.2 Å². The number of fused-ring (bicyclic) bond motifs is 2. The third-order valence-electron chi connectivity index (χ3n) is 4.93. The molecule has 0 bridgehead atoms. The number of carbonyl (C=O) groups excluding carboxylic acids is 1. The van der Waals surface area contributed by atoms with Crippen LogP contribution in [0.4, 0.5) is 5.69 Å². The van der Waals surface area contributed by atoms with E-state index in [1.54, 1.807) is 23.5 Å². The highest BCUT2D eigenvalue weighted by atomic mass is 32.2. The highest BCUT2D eigenvalue weighted by Gasteiger charge is 2.33. The number of anilines is 1. The Morgan fingerprint density at radius 1 is 1.24 bits per heavy atom. The first-order chi connectivity index (χ1) is 11.8. The molecule has 0 fully saturated rings. The lowest BCUT2D eigenvalue weighted by Crippen LogP contribution is -2.35. The predicted molar refractivity (Wildman–Crippen MR) is 99.7 cm³/mol. The van der Waals surface area contributed by atoms with Crippen molar-refractivity contribution < 1.29 is 13.2 Å². The first-order valence-electron chi connectivity index (χ1n) is 8.31. The number of nitrogens with zero attached hydrogens (tertiary/aromatic N) is 2. The van der Waals surface area contributed by atoms with E-state index in [2.05, 4.69) is 11.4 Å². The Morgan fingerprint density at radius 2 is 2.04 bits per heavy atom. The molecule has 0 saturated carbocycles. The summed E-state index contributed by atoms with van der Waals surface area (Å²) >= 11 is 1.75. The van der Waals surface area contributed by atoms with Crippen LogP contribution in [0, 0.1) is 0 Å². The molecule has 0 saturated heterocycles. The molecule has 0 unspecified atom stereocenters. The fraction of sp³-hybridized carbons (Fsp3) is 0.389. The zero-order valence-corrected chi connectivity index (χ0v) is 15.9. The van der Waals surface area contributed by atoms with Gasteiger partial charge >= 0.3 is 0 Å². The van der Waals surface area contributed by atoms with Crippen molar-refractivity contribution in [3.8, 4) is 0 Å². The third kappa shape index (κ3) is 2.85.